The fourth-order valence-electron chi connectivity index (χ4n) is 4.22. The van der Waals surface area contributed by atoms with Gasteiger partial charge in [0.1, 0.15) is 7.14 Å². The summed E-state index contributed by atoms with van der Waals surface area (Å²) in [5, 5.41) is 8.56. The highest BCUT2D eigenvalue weighted by molar-refractivity contribution is 7.71. The van der Waals surface area contributed by atoms with Crippen LogP contribution in [-0.2, 0) is 4.57 Å². The second kappa shape index (κ2) is 7.78. The molecule has 7 nitrogen and oxygen atoms in total. The Labute approximate surface area is 183 Å². The monoisotopic (exact) mass is 436 g/mol. The molecule has 31 heavy (non-hydrogen) atoms. The number of rotatable bonds is 4. The number of nitrogens with one attached hydrogen (secondary N) is 3. The molecule has 2 aromatic heterocycles. The molecule has 1 aromatic carbocycles. The standard InChI is InChI=1S/C23H29N6OP/c1-14-11-26-22(28-15-9-10-23(2,3)27-12-15)29-19(14)17-13-25-20-16(17)7-8-18(24-4)21(20)31(5,6)30/h7-8,11,13,15,25,27H,9-10,12H2,1-3,5-6H3,(H,26,28,29)/t15-/m0/s1. The number of hydrogen-bond acceptors (Lipinski definition) is 5. The fraction of sp³-hybridized carbons (Fsp3) is 0.435. The molecule has 3 aromatic rings. The molecule has 162 valence electrons. The van der Waals surface area contributed by atoms with Gasteiger partial charge < -0.3 is 20.2 Å². The van der Waals surface area contributed by atoms with Gasteiger partial charge in [0.05, 0.1) is 12.3 Å². The average molecular weight is 437 g/mol. The molecule has 4 rings (SSSR count). The lowest BCUT2D eigenvalue weighted by molar-refractivity contribution is 0.289. The van der Waals surface area contributed by atoms with Crippen LogP contribution in [0.5, 0.6) is 0 Å². The minimum atomic E-state index is -2.65. The summed E-state index contributed by atoms with van der Waals surface area (Å²) in [6.45, 7) is 18.2. The Kier molecular flexibility index (Phi) is 5.41. The van der Waals surface area contributed by atoms with E-state index >= 15 is 0 Å². The summed E-state index contributed by atoms with van der Waals surface area (Å²) in [7, 11) is -2.65. The van der Waals surface area contributed by atoms with Gasteiger partial charge in [-0.1, -0.05) is 12.1 Å². The first kappa shape index (κ1) is 21.5. The van der Waals surface area contributed by atoms with Crippen LogP contribution in [0.25, 0.3) is 27.0 Å². The van der Waals surface area contributed by atoms with E-state index in [0.29, 0.717) is 16.9 Å². The van der Waals surface area contributed by atoms with Crippen LogP contribution in [-0.4, -0.2) is 46.4 Å². The third-order valence-corrected chi connectivity index (χ3v) is 7.50. The smallest absolute Gasteiger partial charge is 0.223 e. The van der Waals surface area contributed by atoms with E-state index in [0.717, 1.165) is 47.1 Å². The largest absolute Gasteiger partial charge is 0.361 e. The maximum atomic E-state index is 12.9. The van der Waals surface area contributed by atoms with Crippen molar-refractivity contribution in [2.45, 2.75) is 45.2 Å². The SMILES string of the molecule is [C-]#[N+]c1ccc2c(-c3nc(N[C@H]4CCC(C)(C)NC4)ncc3C)c[nH]c2c1P(C)(C)=O. The van der Waals surface area contributed by atoms with E-state index < -0.39 is 7.14 Å². The van der Waals surface area contributed by atoms with Crippen molar-refractivity contribution in [2.75, 3.05) is 25.2 Å². The molecule has 8 heteroatoms. The third-order valence-electron chi connectivity index (χ3n) is 5.97. The summed E-state index contributed by atoms with van der Waals surface area (Å²) in [5.74, 6) is 0.608. The van der Waals surface area contributed by atoms with E-state index in [9.17, 15) is 4.57 Å². The van der Waals surface area contributed by atoms with Crippen molar-refractivity contribution in [3.8, 4) is 11.3 Å². The Morgan fingerprint density at radius 1 is 1.32 bits per heavy atom. The van der Waals surface area contributed by atoms with Gasteiger partial charge in [-0.2, -0.15) is 0 Å². The van der Waals surface area contributed by atoms with E-state index in [-0.39, 0.29) is 11.6 Å². The van der Waals surface area contributed by atoms with Crippen LogP contribution in [0.4, 0.5) is 11.6 Å². The van der Waals surface area contributed by atoms with Crippen LogP contribution in [0.15, 0.2) is 24.5 Å². The molecule has 0 amide bonds. The number of nitrogens with zero attached hydrogens (tertiary/aromatic N) is 3. The molecule has 0 bridgehead atoms. The predicted molar refractivity (Wildman–Crippen MR) is 128 cm³/mol. The summed E-state index contributed by atoms with van der Waals surface area (Å²) in [6.07, 6.45) is 5.88. The van der Waals surface area contributed by atoms with Gasteiger partial charge in [0.15, 0.2) is 5.69 Å². The lowest BCUT2D eigenvalue weighted by Gasteiger charge is -2.36. The first-order valence-electron chi connectivity index (χ1n) is 10.5. The summed E-state index contributed by atoms with van der Waals surface area (Å²) >= 11 is 0. The summed E-state index contributed by atoms with van der Waals surface area (Å²) < 4.78 is 12.9. The number of H-pyrrole nitrogens is 1. The van der Waals surface area contributed by atoms with E-state index in [1.54, 1.807) is 19.4 Å². The molecule has 3 heterocycles. The molecule has 1 saturated heterocycles. The molecule has 1 fully saturated rings. The average Bonchev–Trinajstić information content (AvgIpc) is 3.13. The number of anilines is 1. The van der Waals surface area contributed by atoms with Crippen molar-refractivity contribution in [1.82, 2.24) is 20.3 Å². The molecule has 0 unspecified atom stereocenters. The highest BCUT2D eigenvalue weighted by atomic mass is 31.2. The first-order valence-corrected chi connectivity index (χ1v) is 13.1. The Balaban J connectivity index is 1.73. The van der Waals surface area contributed by atoms with Gasteiger partial charge in [-0.15, -0.1) is 0 Å². The van der Waals surface area contributed by atoms with E-state index in [2.05, 4.69) is 39.3 Å². The Bertz CT molecular complexity index is 1220. The number of aromatic amines is 1. The number of fused-ring (bicyclic) bond motifs is 1. The van der Waals surface area contributed by atoms with E-state index in [1.165, 1.54) is 0 Å². The first-order chi connectivity index (χ1) is 14.6. The van der Waals surface area contributed by atoms with Gasteiger partial charge in [0.25, 0.3) is 0 Å². The van der Waals surface area contributed by atoms with Crippen molar-refractivity contribution in [1.29, 1.82) is 0 Å². The molecule has 0 radical (unpaired) electrons. The normalized spacial score (nSPS) is 18.6. The zero-order valence-electron chi connectivity index (χ0n) is 18.7. The van der Waals surface area contributed by atoms with Crippen LogP contribution in [0.2, 0.25) is 0 Å². The number of hydrogen-bond donors (Lipinski definition) is 3. The zero-order chi connectivity index (χ0) is 22.4. The third kappa shape index (κ3) is 4.23. The van der Waals surface area contributed by atoms with Gasteiger partial charge in [0.2, 0.25) is 5.95 Å². The molecular formula is C23H29N6OP. The van der Waals surface area contributed by atoms with Crippen LogP contribution in [0.3, 0.4) is 0 Å². The molecule has 0 spiro atoms. The van der Waals surface area contributed by atoms with Gasteiger partial charge in [-0.3, -0.25) is 0 Å². The van der Waals surface area contributed by atoms with Crippen LogP contribution in [0, 0.1) is 13.5 Å². The highest BCUT2D eigenvalue weighted by Crippen LogP contribution is 2.43. The minimum Gasteiger partial charge on any atom is -0.361 e. The number of aromatic nitrogens is 3. The Morgan fingerprint density at radius 2 is 2.10 bits per heavy atom. The molecule has 3 N–H and O–H groups in total. The molecule has 1 aliphatic rings. The maximum Gasteiger partial charge on any atom is 0.223 e. The van der Waals surface area contributed by atoms with Crippen molar-refractivity contribution < 1.29 is 4.57 Å². The lowest BCUT2D eigenvalue weighted by Crippen LogP contribution is -2.50. The minimum absolute atomic E-state index is 0.168. The Hall–Kier alpha value is -2.68. The predicted octanol–water partition coefficient (Wildman–Crippen LogP) is 4.67. The van der Waals surface area contributed by atoms with E-state index in [4.69, 9.17) is 11.6 Å². The molecule has 1 atom stereocenters. The topological polar surface area (TPSA) is 87.1 Å². The molecular weight excluding hydrogens is 407 g/mol. The molecule has 0 saturated carbocycles. The van der Waals surface area contributed by atoms with Crippen molar-refractivity contribution in [2.24, 2.45) is 0 Å². The van der Waals surface area contributed by atoms with Crippen LogP contribution in [0.1, 0.15) is 32.3 Å². The summed E-state index contributed by atoms with van der Waals surface area (Å²) in [6, 6.07) is 3.95. The van der Waals surface area contributed by atoms with Gasteiger partial charge in [-0.25, -0.2) is 14.8 Å². The zero-order valence-corrected chi connectivity index (χ0v) is 19.6. The number of benzene rings is 1. The van der Waals surface area contributed by atoms with Crippen molar-refractivity contribution in [3.63, 3.8) is 0 Å². The van der Waals surface area contributed by atoms with E-state index in [1.807, 2.05) is 25.4 Å². The van der Waals surface area contributed by atoms with Crippen LogP contribution < -0.4 is 15.9 Å². The summed E-state index contributed by atoms with van der Waals surface area (Å²) in [4.78, 5) is 16.2. The fourth-order valence-corrected chi connectivity index (χ4v) is 5.62. The second-order valence-corrected chi connectivity index (χ2v) is 12.5. The quantitative estimate of drug-likeness (QED) is 0.409. The van der Waals surface area contributed by atoms with Crippen molar-refractivity contribution >= 4 is 35.0 Å². The van der Waals surface area contributed by atoms with Gasteiger partial charge >= 0.3 is 0 Å². The molecule has 0 aliphatic carbocycles. The summed E-state index contributed by atoms with van der Waals surface area (Å²) in [5.41, 5.74) is 4.07. The highest BCUT2D eigenvalue weighted by Gasteiger charge is 2.27. The van der Waals surface area contributed by atoms with Crippen LogP contribution >= 0.6 is 7.14 Å². The van der Waals surface area contributed by atoms with Crippen molar-refractivity contribution in [3.05, 3.63) is 41.5 Å². The second-order valence-electron chi connectivity index (χ2n) is 9.39. The van der Waals surface area contributed by atoms with Gasteiger partial charge in [0, 0.05) is 52.3 Å². The number of piperidine rings is 1. The maximum absolute atomic E-state index is 12.9. The van der Waals surface area contributed by atoms with Gasteiger partial charge in [-0.05, 0) is 52.5 Å². The lowest BCUT2D eigenvalue weighted by atomic mass is 9.91. The molecule has 1 aliphatic heterocycles. The Morgan fingerprint density at radius 3 is 2.74 bits per heavy atom. The number of aryl methyl sites for hydroxylation is 1.